The molecule has 35 valence electrons. The van der Waals surface area contributed by atoms with Crippen LogP contribution in [-0.4, -0.2) is 58.1 Å². The van der Waals surface area contributed by atoms with Crippen LogP contribution in [0.3, 0.4) is 0 Å². The van der Waals surface area contributed by atoms with Crippen molar-refractivity contribution >= 4 is 37.7 Å². The summed E-state index contributed by atoms with van der Waals surface area (Å²) in [6, 6.07) is 0. The van der Waals surface area contributed by atoms with Gasteiger partial charge in [0, 0.05) is 7.11 Å². The molecule has 0 aliphatic heterocycles. The Balaban J connectivity index is 0. The third-order valence-corrected chi connectivity index (χ3v) is 0.287. The molecule has 0 aromatic heterocycles. The second-order valence-electron chi connectivity index (χ2n) is 0.697. The molecular formula is C3H9CaO2. The third kappa shape index (κ3) is 8.95. The van der Waals surface area contributed by atoms with E-state index in [9.17, 15) is 5.11 Å². The fourth-order valence-corrected chi connectivity index (χ4v) is 0.0833. The average Bonchev–Trinajstić information content (AvgIpc) is 1.41. The Labute approximate surface area is 67.5 Å². The first-order chi connectivity index (χ1) is 2.41. The maximum atomic E-state index is 9.40. The Morgan fingerprint density at radius 2 is 2.17 bits per heavy atom. The minimum atomic E-state index is -0.128. The van der Waals surface area contributed by atoms with Crippen molar-refractivity contribution in [3.05, 3.63) is 0 Å². The Morgan fingerprint density at radius 3 is 2.17 bits per heavy atom. The van der Waals surface area contributed by atoms with E-state index in [-0.39, 0.29) is 44.3 Å². The molecule has 0 aromatic rings. The molecule has 0 amide bonds. The average molecular weight is 117 g/mol. The Kier molecular flexibility index (Phi) is 16.2. The van der Waals surface area contributed by atoms with Crippen molar-refractivity contribution in [1.29, 1.82) is 0 Å². The van der Waals surface area contributed by atoms with Crippen LogP contribution in [0, 0.1) is 0 Å². The van der Waals surface area contributed by atoms with Crippen molar-refractivity contribution in [2.24, 2.45) is 0 Å². The number of methoxy groups -OCH3 is 1. The van der Waals surface area contributed by atoms with Gasteiger partial charge in [0.1, 0.15) is 6.61 Å². The molecule has 0 fully saturated rings. The minimum absolute atomic E-state index is 0. The summed E-state index contributed by atoms with van der Waals surface area (Å²) in [6.45, 7) is 0.205. The van der Waals surface area contributed by atoms with Gasteiger partial charge in [-0.05, 0) is 0 Å². The van der Waals surface area contributed by atoms with Crippen LogP contribution in [0.5, 0.6) is 0 Å². The zero-order chi connectivity index (χ0) is 4.12. The Hall–Kier alpha value is 1.18. The van der Waals surface area contributed by atoms with Gasteiger partial charge in [-0.3, -0.25) is 0 Å². The number of hydrogen-bond donors (Lipinski definition) is 0. The second kappa shape index (κ2) is 9.49. The van der Waals surface area contributed by atoms with Crippen LogP contribution in [0.15, 0.2) is 0 Å². The summed E-state index contributed by atoms with van der Waals surface area (Å²) in [5.41, 5.74) is 0. The van der Waals surface area contributed by atoms with E-state index in [4.69, 9.17) is 0 Å². The molecule has 1 radical (unpaired) electrons. The van der Waals surface area contributed by atoms with Gasteiger partial charge in [0.15, 0.2) is 0 Å². The number of hydrogen-bond acceptors (Lipinski definition) is 1. The number of rotatable bonds is 2. The molecule has 0 aromatic carbocycles. The van der Waals surface area contributed by atoms with Crippen LogP contribution in [0.2, 0.25) is 0 Å². The molecule has 0 atom stereocenters. The zero-order valence-corrected chi connectivity index (χ0v) is 3.23. The molecule has 0 heterocycles. The van der Waals surface area contributed by atoms with Crippen LogP contribution < -0.4 is 0 Å². The van der Waals surface area contributed by atoms with Gasteiger partial charge in [0.25, 0.3) is 0 Å². The summed E-state index contributed by atoms with van der Waals surface area (Å²) in [6.07, 6.45) is 0. The van der Waals surface area contributed by atoms with Gasteiger partial charge in [-0.15, -0.1) is 0 Å². The van der Waals surface area contributed by atoms with E-state index < -0.39 is 0 Å². The molecular weight excluding hydrogens is 108 g/mol. The van der Waals surface area contributed by atoms with Crippen molar-refractivity contribution in [2.75, 3.05) is 20.3 Å². The van der Waals surface area contributed by atoms with Crippen molar-refractivity contribution in [2.45, 2.75) is 0 Å². The first-order valence-electron chi connectivity index (χ1n) is 1.49. The predicted octanol–water partition coefficient (Wildman–Crippen LogP) is -0.853. The summed E-state index contributed by atoms with van der Waals surface area (Å²) >= 11 is 0. The molecule has 0 rings (SSSR count). The number of ether oxygens (including phenoxy) is 1. The Bertz CT molecular complexity index is 16.3. The van der Waals surface area contributed by atoms with E-state index in [2.05, 4.69) is 4.74 Å². The van der Waals surface area contributed by atoms with Gasteiger partial charge in [-0.2, -0.15) is 0 Å². The molecule has 0 aliphatic rings. The van der Waals surface area contributed by atoms with Crippen molar-refractivity contribution in [3.8, 4) is 0 Å². The monoisotopic (exact) mass is 117 g/mol. The molecule has 2 nitrogen and oxygen atoms in total. The van der Waals surface area contributed by atoms with Crippen LogP contribution >= 0.6 is 0 Å². The van der Waals surface area contributed by atoms with Gasteiger partial charge >= 0.3 is 37.7 Å². The normalized spacial score (nSPS) is 7.00. The predicted molar refractivity (Wildman–Crippen MR) is 26.0 cm³/mol. The van der Waals surface area contributed by atoms with Gasteiger partial charge in [-0.1, -0.05) is 0 Å². The van der Waals surface area contributed by atoms with Crippen LogP contribution in [0.4, 0.5) is 0 Å². The van der Waals surface area contributed by atoms with Crippen LogP contribution in [0.1, 0.15) is 0 Å². The molecule has 0 spiro atoms. The van der Waals surface area contributed by atoms with E-state index in [0.29, 0.717) is 6.61 Å². The SMILES string of the molecule is COCC[O].[CaH2]. The molecule has 0 aliphatic carbocycles. The molecule has 0 unspecified atom stereocenters. The molecule has 6 heavy (non-hydrogen) atoms. The summed E-state index contributed by atoms with van der Waals surface area (Å²) in [4.78, 5) is 0. The van der Waals surface area contributed by atoms with E-state index in [1.54, 1.807) is 0 Å². The molecule has 3 heteroatoms. The van der Waals surface area contributed by atoms with Crippen LogP contribution in [0.25, 0.3) is 0 Å². The standard InChI is InChI=1S/C3H7O2.Ca.2H/c1-5-3-2-4;;;/h2-3H2,1H3;;;. The van der Waals surface area contributed by atoms with Gasteiger partial charge < -0.3 is 4.74 Å². The van der Waals surface area contributed by atoms with Gasteiger partial charge in [-0.25, -0.2) is 5.11 Å². The first kappa shape index (κ1) is 10.2. The summed E-state index contributed by atoms with van der Waals surface area (Å²) in [5.74, 6) is 0. The van der Waals surface area contributed by atoms with Gasteiger partial charge in [0.05, 0.1) is 6.61 Å². The van der Waals surface area contributed by atoms with Crippen molar-refractivity contribution in [1.82, 2.24) is 0 Å². The van der Waals surface area contributed by atoms with E-state index in [1.165, 1.54) is 7.11 Å². The van der Waals surface area contributed by atoms with Gasteiger partial charge in [0.2, 0.25) is 0 Å². The fourth-order valence-electron chi connectivity index (χ4n) is 0.0833. The first-order valence-corrected chi connectivity index (χ1v) is 1.49. The van der Waals surface area contributed by atoms with E-state index in [1.807, 2.05) is 0 Å². The summed E-state index contributed by atoms with van der Waals surface area (Å²) < 4.78 is 4.38. The van der Waals surface area contributed by atoms with E-state index in [0.717, 1.165) is 0 Å². The Morgan fingerprint density at radius 1 is 1.67 bits per heavy atom. The van der Waals surface area contributed by atoms with Crippen LogP contribution in [-0.2, 0) is 9.84 Å². The van der Waals surface area contributed by atoms with E-state index >= 15 is 0 Å². The van der Waals surface area contributed by atoms with Crippen molar-refractivity contribution < 1.29 is 9.84 Å². The topological polar surface area (TPSA) is 29.1 Å². The quantitative estimate of drug-likeness (QED) is 0.433. The molecule has 0 saturated carbocycles. The fraction of sp³-hybridized carbons (Fsp3) is 1.00. The third-order valence-electron chi connectivity index (χ3n) is 0.287. The van der Waals surface area contributed by atoms with Crippen molar-refractivity contribution in [3.63, 3.8) is 0 Å². The maximum absolute atomic E-state index is 9.40. The summed E-state index contributed by atoms with van der Waals surface area (Å²) in [7, 11) is 1.51. The second-order valence-corrected chi connectivity index (χ2v) is 0.697. The zero-order valence-electron chi connectivity index (χ0n) is 3.23. The molecule has 0 bridgehead atoms. The molecule has 0 saturated heterocycles. The molecule has 0 N–H and O–H groups in total. The summed E-state index contributed by atoms with van der Waals surface area (Å²) in [5, 5.41) is 9.40.